The number of carbonyl (C=O) groups excluding carboxylic acids is 1. The van der Waals surface area contributed by atoms with Crippen molar-refractivity contribution in [3.63, 3.8) is 0 Å². The topological polar surface area (TPSA) is 54.0 Å². The molecule has 2 N–H and O–H groups in total. The van der Waals surface area contributed by atoms with Gasteiger partial charge in [0, 0.05) is 5.38 Å². The Kier molecular flexibility index (Phi) is 4.11. The normalized spacial score (nSPS) is 9.43. The van der Waals surface area contributed by atoms with Crippen LogP contribution < -0.4 is 10.6 Å². The molecule has 0 atom stereocenters. The molecule has 0 bridgehead atoms. The van der Waals surface area contributed by atoms with E-state index < -0.39 is 0 Å². The number of thiazole rings is 1. The number of carbonyl (C=O) groups is 1. The molecule has 5 heteroatoms. The highest BCUT2D eigenvalue weighted by Crippen LogP contribution is 2.13. The first-order chi connectivity index (χ1) is 6.72. The molecule has 0 fully saturated rings. The number of hydrogen-bond acceptors (Lipinski definition) is 4. The van der Waals surface area contributed by atoms with Crippen LogP contribution in [0.4, 0.5) is 5.13 Å². The average Bonchev–Trinajstić information content (AvgIpc) is 2.52. The molecule has 74 valence electrons. The van der Waals surface area contributed by atoms with E-state index in [0.29, 0.717) is 11.7 Å². The first-order valence-electron chi connectivity index (χ1n) is 4.08. The fraction of sp³-hybridized carbons (Fsp3) is 0.333. The van der Waals surface area contributed by atoms with Crippen LogP contribution in [0.15, 0.2) is 5.38 Å². The van der Waals surface area contributed by atoms with Crippen LogP contribution in [0.3, 0.4) is 0 Å². The molecule has 0 radical (unpaired) electrons. The van der Waals surface area contributed by atoms with E-state index in [0.717, 1.165) is 5.69 Å². The Morgan fingerprint density at radius 2 is 2.57 bits per heavy atom. The second-order valence-electron chi connectivity index (χ2n) is 2.65. The zero-order valence-corrected chi connectivity index (χ0v) is 8.65. The van der Waals surface area contributed by atoms with E-state index in [1.165, 1.54) is 11.3 Å². The highest BCUT2D eigenvalue weighted by atomic mass is 32.1. The van der Waals surface area contributed by atoms with Gasteiger partial charge in [-0.05, 0) is 6.92 Å². The highest BCUT2D eigenvalue weighted by molar-refractivity contribution is 7.13. The Morgan fingerprint density at radius 1 is 1.79 bits per heavy atom. The summed E-state index contributed by atoms with van der Waals surface area (Å²) in [6.45, 7) is 2.48. The van der Waals surface area contributed by atoms with Crippen molar-refractivity contribution >= 4 is 22.4 Å². The van der Waals surface area contributed by atoms with Gasteiger partial charge >= 0.3 is 0 Å². The molecule has 1 aromatic heterocycles. The van der Waals surface area contributed by atoms with E-state index in [1.807, 2.05) is 12.3 Å². The fourth-order valence-corrected chi connectivity index (χ4v) is 1.53. The van der Waals surface area contributed by atoms with Crippen LogP contribution in [0, 0.1) is 19.3 Å². The van der Waals surface area contributed by atoms with Crippen LogP contribution in [0.5, 0.6) is 0 Å². The lowest BCUT2D eigenvalue weighted by molar-refractivity contribution is -0.115. The summed E-state index contributed by atoms with van der Waals surface area (Å²) in [5.41, 5.74) is 0.905. The van der Waals surface area contributed by atoms with Crippen LogP contribution >= 0.6 is 11.3 Å². The molecule has 0 aromatic carbocycles. The third-order valence-corrected chi connectivity index (χ3v) is 2.25. The standard InChI is InChI=1S/C9H11N3OS/c1-3-4-10-5-8(13)12-9-11-7(2)6-14-9/h1,6,10H,4-5H2,2H3,(H,11,12,13). The van der Waals surface area contributed by atoms with Gasteiger partial charge in [0.25, 0.3) is 0 Å². The number of hydrogen-bond donors (Lipinski definition) is 2. The Balaban J connectivity index is 2.31. The molecule has 0 saturated carbocycles. The first-order valence-corrected chi connectivity index (χ1v) is 4.96. The number of rotatable bonds is 4. The molecular weight excluding hydrogens is 198 g/mol. The quantitative estimate of drug-likeness (QED) is 0.564. The summed E-state index contributed by atoms with van der Waals surface area (Å²) in [4.78, 5) is 15.3. The average molecular weight is 209 g/mol. The van der Waals surface area contributed by atoms with Crippen molar-refractivity contribution in [1.29, 1.82) is 0 Å². The fourth-order valence-electron chi connectivity index (χ4n) is 0.823. The third kappa shape index (κ3) is 3.56. The van der Waals surface area contributed by atoms with E-state index in [-0.39, 0.29) is 12.5 Å². The molecule has 0 aliphatic heterocycles. The van der Waals surface area contributed by atoms with Crippen molar-refractivity contribution in [2.45, 2.75) is 6.92 Å². The lowest BCUT2D eigenvalue weighted by atomic mass is 10.5. The van der Waals surface area contributed by atoms with Crippen molar-refractivity contribution in [2.75, 3.05) is 18.4 Å². The van der Waals surface area contributed by atoms with Crippen molar-refractivity contribution in [3.8, 4) is 12.3 Å². The van der Waals surface area contributed by atoms with Gasteiger partial charge in [0.2, 0.25) is 5.91 Å². The summed E-state index contributed by atoms with van der Waals surface area (Å²) in [5.74, 6) is 2.26. The predicted molar refractivity (Wildman–Crippen MR) is 57.2 cm³/mol. The number of nitrogens with one attached hydrogen (secondary N) is 2. The molecule has 1 aromatic rings. The monoisotopic (exact) mass is 209 g/mol. The van der Waals surface area contributed by atoms with Gasteiger partial charge in [-0.15, -0.1) is 17.8 Å². The molecule has 0 aliphatic carbocycles. The zero-order chi connectivity index (χ0) is 10.4. The van der Waals surface area contributed by atoms with Crippen LogP contribution in [0.1, 0.15) is 5.69 Å². The first kappa shape index (κ1) is 10.7. The molecule has 0 spiro atoms. The van der Waals surface area contributed by atoms with Crippen LogP contribution in [-0.2, 0) is 4.79 Å². The summed E-state index contributed by atoms with van der Waals surface area (Å²) in [5, 5.41) is 7.95. The minimum atomic E-state index is -0.130. The van der Waals surface area contributed by atoms with Gasteiger partial charge in [0.05, 0.1) is 18.8 Å². The van der Waals surface area contributed by atoms with E-state index in [2.05, 4.69) is 21.5 Å². The Morgan fingerprint density at radius 3 is 3.14 bits per heavy atom. The van der Waals surface area contributed by atoms with Crippen LogP contribution in [-0.4, -0.2) is 24.0 Å². The zero-order valence-electron chi connectivity index (χ0n) is 7.83. The molecule has 1 amide bonds. The molecule has 0 saturated heterocycles. The summed E-state index contributed by atoms with van der Waals surface area (Å²) in [7, 11) is 0. The van der Waals surface area contributed by atoms with Gasteiger partial charge in [0.1, 0.15) is 0 Å². The van der Waals surface area contributed by atoms with Crippen LogP contribution in [0.25, 0.3) is 0 Å². The maximum atomic E-state index is 11.2. The molecule has 0 unspecified atom stereocenters. The minimum absolute atomic E-state index is 0.130. The van der Waals surface area contributed by atoms with Crippen LogP contribution in [0.2, 0.25) is 0 Å². The SMILES string of the molecule is C#CCNCC(=O)Nc1nc(C)cs1. The van der Waals surface area contributed by atoms with Gasteiger partial charge in [-0.3, -0.25) is 10.1 Å². The van der Waals surface area contributed by atoms with Gasteiger partial charge in [-0.1, -0.05) is 5.92 Å². The summed E-state index contributed by atoms with van der Waals surface area (Å²) in [6.07, 6.45) is 5.02. The number of nitrogens with zero attached hydrogens (tertiary/aromatic N) is 1. The molecule has 1 heterocycles. The van der Waals surface area contributed by atoms with E-state index in [9.17, 15) is 4.79 Å². The van der Waals surface area contributed by atoms with E-state index >= 15 is 0 Å². The van der Waals surface area contributed by atoms with Gasteiger partial charge < -0.3 is 5.32 Å². The molecule has 1 rings (SSSR count). The largest absolute Gasteiger partial charge is 0.301 e. The second-order valence-corrected chi connectivity index (χ2v) is 3.51. The number of aryl methyl sites for hydroxylation is 1. The number of terminal acetylenes is 1. The lowest BCUT2D eigenvalue weighted by Crippen LogP contribution is -2.28. The second kappa shape index (κ2) is 5.37. The molecule has 4 nitrogen and oxygen atoms in total. The maximum Gasteiger partial charge on any atom is 0.240 e. The highest BCUT2D eigenvalue weighted by Gasteiger charge is 2.03. The van der Waals surface area contributed by atoms with E-state index in [1.54, 1.807) is 0 Å². The predicted octanol–water partition coefficient (Wildman–Crippen LogP) is 0.613. The summed E-state index contributed by atoms with van der Waals surface area (Å²) < 4.78 is 0. The summed E-state index contributed by atoms with van der Waals surface area (Å²) >= 11 is 1.41. The van der Waals surface area contributed by atoms with E-state index in [4.69, 9.17) is 6.42 Å². The van der Waals surface area contributed by atoms with Crippen molar-refractivity contribution in [3.05, 3.63) is 11.1 Å². The van der Waals surface area contributed by atoms with Gasteiger partial charge in [-0.2, -0.15) is 0 Å². The summed E-state index contributed by atoms with van der Waals surface area (Å²) in [6, 6.07) is 0. The third-order valence-electron chi connectivity index (χ3n) is 1.38. The molecule has 0 aliphatic rings. The van der Waals surface area contributed by atoms with Gasteiger partial charge in [-0.25, -0.2) is 4.98 Å². The molecule has 14 heavy (non-hydrogen) atoms. The minimum Gasteiger partial charge on any atom is -0.301 e. The number of aromatic nitrogens is 1. The Bertz CT molecular complexity index is 353. The van der Waals surface area contributed by atoms with Crippen molar-refractivity contribution < 1.29 is 4.79 Å². The number of amides is 1. The Hall–Kier alpha value is -1.38. The van der Waals surface area contributed by atoms with Gasteiger partial charge in [0.15, 0.2) is 5.13 Å². The van der Waals surface area contributed by atoms with Crippen molar-refractivity contribution in [2.24, 2.45) is 0 Å². The smallest absolute Gasteiger partial charge is 0.240 e. The number of anilines is 1. The molecular formula is C9H11N3OS. The Labute approximate surface area is 86.7 Å². The lowest BCUT2D eigenvalue weighted by Gasteiger charge is -2.00. The maximum absolute atomic E-state index is 11.2. The van der Waals surface area contributed by atoms with Crippen molar-refractivity contribution in [1.82, 2.24) is 10.3 Å².